The van der Waals surface area contributed by atoms with E-state index >= 15 is 4.79 Å². The summed E-state index contributed by atoms with van der Waals surface area (Å²) in [5, 5.41) is 0.384. The fraction of sp³-hybridized carbons (Fsp3) is 0.257. The normalized spacial score (nSPS) is 17.4. The van der Waals surface area contributed by atoms with Crippen LogP contribution in [-0.2, 0) is 36.4 Å². The number of ether oxygens (including phenoxy) is 1. The highest BCUT2D eigenvalue weighted by molar-refractivity contribution is 7.84. The van der Waals surface area contributed by atoms with Gasteiger partial charge in [-0.15, -0.1) is 0 Å². The first-order valence-corrected chi connectivity index (χ1v) is 15.7. The molecule has 4 aromatic rings. The van der Waals surface area contributed by atoms with Gasteiger partial charge in [-0.1, -0.05) is 103 Å². The van der Waals surface area contributed by atoms with Gasteiger partial charge < -0.3 is 4.74 Å². The van der Waals surface area contributed by atoms with Gasteiger partial charge in [0.25, 0.3) is 5.91 Å². The van der Waals surface area contributed by atoms with Gasteiger partial charge in [0, 0.05) is 10.6 Å². The summed E-state index contributed by atoms with van der Waals surface area (Å²) in [6.45, 7) is 7.29. The van der Waals surface area contributed by atoms with Crippen LogP contribution in [0.1, 0.15) is 56.4 Å². The van der Waals surface area contributed by atoms with Crippen molar-refractivity contribution in [2.24, 2.45) is 0 Å². The molecule has 1 N–H and O–H groups in total. The van der Waals surface area contributed by atoms with Crippen LogP contribution in [-0.4, -0.2) is 27.4 Å². The van der Waals surface area contributed by atoms with E-state index in [0.29, 0.717) is 16.3 Å². The summed E-state index contributed by atoms with van der Waals surface area (Å²) in [6, 6.07) is 34.6. The molecule has 1 aliphatic rings. The van der Waals surface area contributed by atoms with Crippen molar-refractivity contribution in [2.75, 3.05) is 11.5 Å². The molecular weight excluding hydrogens is 580 g/mol. The maximum Gasteiger partial charge on any atom is 0.308 e. The second kappa shape index (κ2) is 12.1. The van der Waals surface area contributed by atoms with E-state index in [2.05, 4.69) is 4.72 Å². The predicted molar refractivity (Wildman–Crippen MR) is 172 cm³/mol. The summed E-state index contributed by atoms with van der Waals surface area (Å²) in [6.07, 6.45) is -0.375. The largest absolute Gasteiger partial charge is 0.466 e. The molecule has 0 saturated carbocycles. The summed E-state index contributed by atoms with van der Waals surface area (Å²) in [5.74, 6) is -1.03. The van der Waals surface area contributed by atoms with Crippen molar-refractivity contribution in [1.29, 1.82) is 0 Å². The number of fused-ring (bicyclic) bond motifs is 1. The molecule has 0 spiro atoms. The summed E-state index contributed by atoms with van der Waals surface area (Å²) >= 11 is 6.59. The molecule has 0 radical (unpaired) electrons. The van der Waals surface area contributed by atoms with Crippen LogP contribution in [0, 0.1) is 0 Å². The number of amides is 1. The Morgan fingerprint density at radius 3 is 1.79 bits per heavy atom. The fourth-order valence-electron chi connectivity index (χ4n) is 5.76. The number of hydrogen-bond acceptors (Lipinski definition) is 4. The Hall–Kier alpha value is -3.78. The Kier molecular flexibility index (Phi) is 8.61. The SMILES string of the molecule is CCOC(=O)C[C@@]1(N[S@](=O)C(C)(C)C)C(=O)N(C(c2ccccc2)(c2ccccc2)c2ccccc2)c2ccc(Cl)cc21. The van der Waals surface area contributed by atoms with Crippen molar-refractivity contribution in [3.8, 4) is 0 Å². The lowest BCUT2D eigenvalue weighted by Crippen LogP contribution is -2.59. The average molecular weight is 615 g/mol. The first-order chi connectivity index (χ1) is 20.6. The Bertz CT molecular complexity index is 1540. The van der Waals surface area contributed by atoms with Gasteiger partial charge in [0.2, 0.25) is 0 Å². The van der Waals surface area contributed by atoms with Crippen molar-refractivity contribution < 1.29 is 18.5 Å². The zero-order chi connectivity index (χ0) is 30.8. The van der Waals surface area contributed by atoms with Crippen molar-refractivity contribution in [3.05, 3.63) is 136 Å². The Morgan fingerprint density at radius 2 is 1.35 bits per heavy atom. The Balaban J connectivity index is 1.90. The standard InChI is InChI=1S/C35H35ClN2O4S/c1-5-42-31(39)24-34(37-43(41)33(2,3)4)29-23-28(36)21-22-30(29)38(32(34)40)35(25-15-9-6-10-16-25,26-17-11-7-12-18-26)27-19-13-8-14-20-27/h6-23,37H,5,24H2,1-4H3/t34-,43+/m0/s1. The third kappa shape index (κ3) is 5.42. The maximum absolute atomic E-state index is 15.4. The zero-order valence-electron chi connectivity index (χ0n) is 24.7. The van der Waals surface area contributed by atoms with Crippen LogP contribution in [0.2, 0.25) is 5.02 Å². The molecule has 2 atom stereocenters. The highest BCUT2D eigenvalue weighted by Gasteiger charge is 2.60. The highest BCUT2D eigenvalue weighted by atomic mass is 35.5. The van der Waals surface area contributed by atoms with Crippen molar-refractivity contribution >= 4 is 40.2 Å². The first kappa shape index (κ1) is 30.7. The Morgan fingerprint density at radius 1 is 0.860 bits per heavy atom. The van der Waals surface area contributed by atoms with Crippen LogP contribution in [0.15, 0.2) is 109 Å². The van der Waals surface area contributed by atoms with Gasteiger partial charge in [-0.05, 0) is 62.6 Å². The van der Waals surface area contributed by atoms with Gasteiger partial charge in [-0.2, -0.15) is 0 Å². The molecule has 1 heterocycles. The summed E-state index contributed by atoms with van der Waals surface area (Å²) < 4.78 is 21.6. The van der Waals surface area contributed by atoms with E-state index in [1.807, 2.05) is 112 Å². The van der Waals surface area contributed by atoms with E-state index in [9.17, 15) is 9.00 Å². The molecular formula is C35H35ClN2O4S. The molecule has 0 aliphatic carbocycles. The second-order valence-corrected chi connectivity index (χ2v) is 13.9. The number of nitrogens with zero attached hydrogens (tertiary/aromatic N) is 1. The van der Waals surface area contributed by atoms with Gasteiger partial charge in [0.05, 0.1) is 34.4 Å². The van der Waals surface area contributed by atoms with E-state index in [4.69, 9.17) is 16.3 Å². The van der Waals surface area contributed by atoms with Crippen molar-refractivity contribution in [2.45, 2.75) is 49.9 Å². The minimum atomic E-state index is -1.74. The van der Waals surface area contributed by atoms with Gasteiger partial charge in [0.15, 0.2) is 0 Å². The molecule has 6 nitrogen and oxygen atoms in total. The molecule has 43 heavy (non-hydrogen) atoms. The monoisotopic (exact) mass is 614 g/mol. The third-order valence-electron chi connectivity index (χ3n) is 7.68. The van der Waals surface area contributed by atoms with Crippen LogP contribution in [0.4, 0.5) is 5.69 Å². The lowest BCUT2D eigenvalue weighted by atomic mass is 9.75. The number of benzene rings is 4. The lowest BCUT2D eigenvalue weighted by molar-refractivity contribution is -0.147. The van der Waals surface area contributed by atoms with E-state index in [0.717, 1.165) is 16.7 Å². The summed E-state index contributed by atoms with van der Waals surface area (Å²) in [4.78, 5) is 30.5. The summed E-state index contributed by atoms with van der Waals surface area (Å²) in [5.41, 5.74) is 0.622. The van der Waals surface area contributed by atoms with Crippen LogP contribution < -0.4 is 9.62 Å². The zero-order valence-corrected chi connectivity index (χ0v) is 26.2. The Labute approximate surface area is 260 Å². The van der Waals surface area contributed by atoms with Gasteiger partial charge in [-0.25, -0.2) is 8.93 Å². The second-order valence-electron chi connectivity index (χ2n) is 11.5. The molecule has 0 saturated heterocycles. The van der Waals surface area contributed by atoms with Crippen LogP contribution in [0.5, 0.6) is 0 Å². The molecule has 1 amide bonds. The fourth-order valence-corrected chi connectivity index (χ4v) is 6.83. The van der Waals surface area contributed by atoms with E-state index in [-0.39, 0.29) is 13.0 Å². The molecule has 0 fully saturated rings. The van der Waals surface area contributed by atoms with Crippen LogP contribution >= 0.6 is 11.6 Å². The van der Waals surface area contributed by atoms with Crippen molar-refractivity contribution in [1.82, 2.24) is 4.72 Å². The topological polar surface area (TPSA) is 75.7 Å². The number of carbonyl (C=O) groups is 2. The van der Waals surface area contributed by atoms with E-state index in [1.54, 1.807) is 30.0 Å². The average Bonchev–Trinajstić information content (AvgIpc) is 3.22. The minimum absolute atomic E-state index is 0.138. The van der Waals surface area contributed by atoms with Gasteiger partial charge in [0.1, 0.15) is 11.1 Å². The first-order valence-electron chi connectivity index (χ1n) is 14.2. The van der Waals surface area contributed by atoms with E-state index in [1.165, 1.54) is 0 Å². The van der Waals surface area contributed by atoms with Gasteiger partial charge in [-0.3, -0.25) is 14.5 Å². The number of hydrogen-bond donors (Lipinski definition) is 1. The number of esters is 1. The molecule has 8 heteroatoms. The number of rotatable bonds is 9. The molecule has 222 valence electrons. The number of carbonyl (C=O) groups excluding carboxylic acids is 2. The van der Waals surface area contributed by atoms with Crippen LogP contribution in [0.3, 0.4) is 0 Å². The number of anilines is 1. The molecule has 1 aliphatic heterocycles. The quantitative estimate of drug-likeness (QED) is 0.165. The van der Waals surface area contributed by atoms with E-state index < -0.39 is 38.7 Å². The number of nitrogens with one attached hydrogen (secondary N) is 1. The lowest BCUT2D eigenvalue weighted by Gasteiger charge is -2.45. The van der Waals surface area contributed by atoms with Gasteiger partial charge >= 0.3 is 5.97 Å². The molecule has 5 rings (SSSR count). The highest BCUT2D eigenvalue weighted by Crippen LogP contribution is 2.54. The molecule has 0 bridgehead atoms. The minimum Gasteiger partial charge on any atom is -0.466 e. The predicted octanol–water partition coefficient (Wildman–Crippen LogP) is 6.88. The number of halogens is 1. The maximum atomic E-state index is 15.4. The summed E-state index contributed by atoms with van der Waals surface area (Å²) in [7, 11) is -1.74. The van der Waals surface area contributed by atoms with Crippen molar-refractivity contribution in [3.63, 3.8) is 0 Å². The smallest absolute Gasteiger partial charge is 0.308 e. The third-order valence-corrected chi connectivity index (χ3v) is 9.56. The van der Waals surface area contributed by atoms with Crippen LogP contribution in [0.25, 0.3) is 0 Å². The molecule has 0 unspecified atom stereocenters. The molecule has 4 aromatic carbocycles. The molecule has 0 aromatic heterocycles.